The van der Waals surface area contributed by atoms with E-state index in [0.29, 0.717) is 24.5 Å². The van der Waals surface area contributed by atoms with Crippen molar-refractivity contribution in [2.75, 3.05) is 19.6 Å². The first kappa shape index (κ1) is 20.1. The molecule has 1 aliphatic heterocycles. The zero-order valence-corrected chi connectivity index (χ0v) is 17.0. The van der Waals surface area contributed by atoms with Gasteiger partial charge in [-0.2, -0.15) is 0 Å². The zero-order chi connectivity index (χ0) is 20.6. The van der Waals surface area contributed by atoms with Crippen LogP contribution in [-0.2, 0) is 6.61 Å². The Balaban J connectivity index is 1.39. The second-order valence-electron chi connectivity index (χ2n) is 7.56. The molecule has 0 spiro atoms. The van der Waals surface area contributed by atoms with Crippen LogP contribution < -0.4 is 10.1 Å². The molecule has 30 heavy (non-hydrogen) atoms. The molecule has 2 heterocycles. The molecule has 5 nitrogen and oxygen atoms in total. The van der Waals surface area contributed by atoms with Gasteiger partial charge < -0.3 is 10.1 Å². The maximum atomic E-state index is 12.8. The van der Waals surface area contributed by atoms with Crippen molar-refractivity contribution in [2.45, 2.75) is 25.5 Å². The van der Waals surface area contributed by atoms with Gasteiger partial charge in [-0.1, -0.05) is 42.5 Å². The molecule has 1 unspecified atom stereocenters. The molecule has 0 radical (unpaired) electrons. The number of benzene rings is 2. The minimum Gasteiger partial charge on any atom is -0.489 e. The molecule has 1 fully saturated rings. The van der Waals surface area contributed by atoms with Gasteiger partial charge in [0.05, 0.1) is 6.04 Å². The van der Waals surface area contributed by atoms with E-state index in [1.54, 1.807) is 18.5 Å². The quantitative estimate of drug-likeness (QED) is 0.614. The summed E-state index contributed by atoms with van der Waals surface area (Å²) in [5.74, 6) is 0.590. The predicted octanol–water partition coefficient (Wildman–Crippen LogP) is 4.23. The number of likely N-dealkylation sites (tertiary alicyclic amines) is 1. The van der Waals surface area contributed by atoms with Gasteiger partial charge in [0.15, 0.2) is 0 Å². The van der Waals surface area contributed by atoms with E-state index in [1.807, 2.05) is 36.4 Å². The van der Waals surface area contributed by atoms with Gasteiger partial charge >= 0.3 is 0 Å². The lowest BCUT2D eigenvalue weighted by Crippen LogP contribution is -2.36. The van der Waals surface area contributed by atoms with Gasteiger partial charge in [-0.3, -0.25) is 14.7 Å². The van der Waals surface area contributed by atoms with E-state index in [9.17, 15) is 4.79 Å². The molecule has 1 N–H and O–H groups in total. The van der Waals surface area contributed by atoms with Crippen molar-refractivity contribution >= 4 is 5.91 Å². The third kappa shape index (κ3) is 5.24. The third-order valence-electron chi connectivity index (χ3n) is 5.45. The Kier molecular flexibility index (Phi) is 6.72. The Bertz CT molecular complexity index is 941. The minimum atomic E-state index is -0.0815. The van der Waals surface area contributed by atoms with Gasteiger partial charge in [0, 0.05) is 30.1 Å². The average Bonchev–Trinajstić information content (AvgIpc) is 3.34. The normalized spacial score (nSPS) is 14.9. The van der Waals surface area contributed by atoms with E-state index >= 15 is 0 Å². The summed E-state index contributed by atoms with van der Waals surface area (Å²) in [7, 11) is 0. The van der Waals surface area contributed by atoms with Crippen LogP contribution in [0, 0.1) is 0 Å². The molecule has 2 aromatic carbocycles. The van der Waals surface area contributed by atoms with Gasteiger partial charge in [-0.15, -0.1) is 0 Å². The molecule has 1 atom stereocenters. The van der Waals surface area contributed by atoms with Gasteiger partial charge in [-0.25, -0.2) is 0 Å². The van der Waals surface area contributed by atoms with E-state index in [1.165, 1.54) is 18.4 Å². The number of hydrogen-bond donors (Lipinski definition) is 1. The van der Waals surface area contributed by atoms with Crippen molar-refractivity contribution in [1.29, 1.82) is 0 Å². The van der Waals surface area contributed by atoms with Crippen molar-refractivity contribution in [2.24, 2.45) is 0 Å². The first-order valence-corrected chi connectivity index (χ1v) is 10.5. The van der Waals surface area contributed by atoms with E-state index in [2.05, 4.69) is 39.5 Å². The van der Waals surface area contributed by atoms with Crippen molar-refractivity contribution in [3.05, 3.63) is 95.8 Å². The Morgan fingerprint density at radius 3 is 2.63 bits per heavy atom. The number of carbonyl (C=O) groups is 1. The van der Waals surface area contributed by atoms with E-state index in [0.717, 1.165) is 18.7 Å². The van der Waals surface area contributed by atoms with Gasteiger partial charge in [0.25, 0.3) is 5.91 Å². The molecular formula is C25H27N3O2. The highest BCUT2D eigenvalue weighted by atomic mass is 16.5. The number of rotatable bonds is 8. The van der Waals surface area contributed by atoms with Crippen LogP contribution in [0.15, 0.2) is 79.1 Å². The number of nitrogens with one attached hydrogen (secondary N) is 1. The number of nitrogens with zero attached hydrogens (tertiary/aromatic N) is 2. The number of ether oxygens (including phenoxy) is 1. The molecule has 4 rings (SSSR count). The predicted molar refractivity (Wildman–Crippen MR) is 117 cm³/mol. The molecule has 0 aliphatic carbocycles. The number of amides is 1. The Labute approximate surface area is 177 Å². The second kappa shape index (κ2) is 10.0. The minimum absolute atomic E-state index is 0.0815. The molecule has 1 aliphatic rings. The summed E-state index contributed by atoms with van der Waals surface area (Å²) in [6, 6.07) is 21.8. The van der Waals surface area contributed by atoms with Gasteiger partial charge in [-0.05, 0) is 55.8 Å². The van der Waals surface area contributed by atoms with Crippen LogP contribution in [0.5, 0.6) is 5.75 Å². The molecule has 1 saturated heterocycles. The third-order valence-corrected chi connectivity index (χ3v) is 5.45. The topological polar surface area (TPSA) is 54.5 Å². The van der Waals surface area contributed by atoms with E-state index in [4.69, 9.17) is 4.74 Å². The molecule has 1 aromatic heterocycles. The number of aromatic nitrogens is 1. The van der Waals surface area contributed by atoms with Crippen molar-refractivity contribution in [1.82, 2.24) is 15.2 Å². The first-order valence-electron chi connectivity index (χ1n) is 10.5. The summed E-state index contributed by atoms with van der Waals surface area (Å²) in [4.78, 5) is 19.4. The number of pyridine rings is 1. The van der Waals surface area contributed by atoms with E-state index < -0.39 is 0 Å². The summed E-state index contributed by atoms with van der Waals surface area (Å²) in [5.41, 5.74) is 2.84. The second-order valence-corrected chi connectivity index (χ2v) is 7.56. The largest absolute Gasteiger partial charge is 0.489 e. The highest BCUT2D eigenvalue weighted by Crippen LogP contribution is 2.24. The molecule has 5 heteroatoms. The highest BCUT2D eigenvalue weighted by molar-refractivity contribution is 5.94. The molecule has 1 amide bonds. The van der Waals surface area contributed by atoms with Crippen molar-refractivity contribution in [3.63, 3.8) is 0 Å². The monoisotopic (exact) mass is 401 g/mol. The molecule has 0 saturated carbocycles. The number of hydrogen-bond acceptors (Lipinski definition) is 4. The average molecular weight is 402 g/mol. The maximum Gasteiger partial charge on any atom is 0.251 e. The summed E-state index contributed by atoms with van der Waals surface area (Å²) >= 11 is 0. The fourth-order valence-electron chi connectivity index (χ4n) is 3.85. The van der Waals surface area contributed by atoms with Crippen LogP contribution >= 0.6 is 0 Å². The van der Waals surface area contributed by atoms with Crippen molar-refractivity contribution < 1.29 is 9.53 Å². The fraction of sp³-hybridized carbons (Fsp3) is 0.280. The first-order chi connectivity index (χ1) is 14.8. The van der Waals surface area contributed by atoms with Crippen molar-refractivity contribution in [3.8, 4) is 5.75 Å². The maximum absolute atomic E-state index is 12.8. The lowest BCUT2D eigenvalue weighted by Gasteiger charge is -2.28. The van der Waals surface area contributed by atoms with Crippen LogP contribution in [0.25, 0.3) is 0 Å². The van der Waals surface area contributed by atoms with Crippen LogP contribution in [0.1, 0.15) is 40.4 Å². The van der Waals surface area contributed by atoms with Crippen LogP contribution in [-0.4, -0.2) is 35.4 Å². The Morgan fingerprint density at radius 1 is 1.03 bits per heavy atom. The standard InChI is InChI=1S/C25H27N3O2/c29-25(22-11-6-12-23(16-22)30-19-20-8-7-13-26-17-20)27-18-24(28-14-4-5-15-28)21-9-2-1-3-10-21/h1-3,6-13,16-17,24H,4-5,14-15,18-19H2,(H,27,29). The van der Waals surface area contributed by atoms with Crippen LogP contribution in [0.3, 0.4) is 0 Å². The SMILES string of the molecule is O=C(NCC(c1ccccc1)N1CCCC1)c1cccc(OCc2cccnc2)c1. The Morgan fingerprint density at radius 2 is 1.87 bits per heavy atom. The molecule has 3 aromatic rings. The zero-order valence-electron chi connectivity index (χ0n) is 17.0. The van der Waals surface area contributed by atoms with E-state index in [-0.39, 0.29) is 11.9 Å². The summed E-state index contributed by atoms with van der Waals surface area (Å²) in [5, 5.41) is 3.13. The van der Waals surface area contributed by atoms with Crippen LogP contribution in [0.4, 0.5) is 0 Å². The van der Waals surface area contributed by atoms with Gasteiger partial charge in [0.1, 0.15) is 12.4 Å². The summed E-state index contributed by atoms with van der Waals surface area (Å²) in [6.07, 6.45) is 5.94. The Hall–Kier alpha value is -3.18. The lowest BCUT2D eigenvalue weighted by atomic mass is 10.1. The molecule has 0 bridgehead atoms. The summed E-state index contributed by atoms with van der Waals surface area (Å²) in [6.45, 7) is 3.16. The molecular weight excluding hydrogens is 374 g/mol. The number of carbonyl (C=O) groups excluding carboxylic acids is 1. The fourth-order valence-corrected chi connectivity index (χ4v) is 3.85. The lowest BCUT2D eigenvalue weighted by molar-refractivity contribution is 0.0937. The summed E-state index contributed by atoms with van der Waals surface area (Å²) < 4.78 is 5.83. The smallest absolute Gasteiger partial charge is 0.251 e. The molecule has 154 valence electrons. The highest BCUT2D eigenvalue weighted by Gasteiger charge is 2.24. The van der Waals surface area contributed by atoms with Gasteiger partial charge in [0.2, 0.25) is 0 Å². The van der Waals surface area contributed by atoms with Crippen LogP contribution in [0.2, 0.25) is 0 Å².